The lowest BCUT2D eigenvalue weighted by molar-refractivity contribution is -0.147. The van der Waals surface area contributed by atoms with Gasteiger partial charge in [-0.1, -0.05) is 43.7 Å². The highest BCUT2D eigenvalue weighted by Crippen LogP contribution is 2.60. The number of allylic oxidation sites excluding steroid dienone is 2. The zero-order valence-corrected chi connectivity index (χ0v) is 17.5. The fourth-order valence-corrected chi connectivity index (χ4v) is 4.02. The minimum atomic E-state index is -4.61. The molecule has 0 spiro atoms. The van der Waals surface area contributed by atoms with Gasteiger partial charge in [0.25, 0.3) is 0 Å². The first-order chi connectivity index (χ1) is 13.0. The normalized spacial score (nSPS) is 21.5. The molecule has 2 atom stereocenters. The van der Waals surface area contributed by atoms with Gasteiger partial charge < -0.3 is 9.30 Å². The molecule has 1 aromatic heterocycles. The molecule has 8 heteroatoms. The van der Waals surface area contributed by atoms with E-state index in [9.17, 15) is 18.0 Å². The fraction of sp³-hybridized carbons (Fsp3) is 0.350. The summed E-state index contributed by atoms with van der Waals surface area (Å²) in [6, 6.07) is 9.38. The van der Waals surface area contributed by atoms with E-state index in [0.717, 1.165) is 21.8 Å². The molecule has 0 aliphatic heterocycles. The van der Waals surface area contributed by atoms with Gasteiger partial charge in [0.2, 0.25) is 0 Å². The number of nitrogens with zero attached hydrogens (tertiary/aromatic N) is 1. The Hall–Kier alpha value is -1.73. The highest BCUT2D eigenvalue weighted by atomic mass is 79.9. The van der Waals surface area contributed by atoms with Crippen molar-refractivity contribution in [2.24, 2.45) is 17.3 Å². The van der Waals surface area contributed by atoms with Gasteiger partial charge >= 0.3 is 12.1 Å². The van der Waals surface area contributed by atoms with Crippen LogP contribution in [0.3, 0.4) is 0 Å². The molecule has 3 nitrogen and oxygen atoms in total. The molecule has 2 aromatic rings. The second kappa shape index (κ2) is 7.59. The van der Waals surface area contributed by atoms with E-state index in [2.05, 4.69) is 15.9 Å². The Balaban J connectivity index is 1.69. The van der Waals surface area contributed by atoms with E-state index < -0.39 is 34.4 Å². The van der Waals surface area contributed by atoms with Crippen LogP contribution in [0.15, 0.2) is 58.3 Å². The molecule has 2 unspecified atom stereocenters. The topological polar surface area (TPSA) is 31.2 Å². The quantitative estimate of drug-likeness (QED) is 0.478. The summed E-state index contributed by atoms with van der Waals surface area (Å²) >= 11 is 8.85. The van der Waals surface area contributed by atoms with Crippen LogP contribution >= 0.6 is 27.5 Å². The zero-order chi connectivity index (χ0) is 20.7. The SMILES string of the molecule is CC1(C)C(C=C(Cl)C(F)(F)F)C1C(=O)OCc1cccc(-n2cccc2)c1Br. The van der Waals surface area contributed by atoms with Gasteiger partial charge in [-0.3, -0.25) is 4.79 Å². The Morgan fingerprint density at radius 2 is 1.93 bits per heavy atom. The molecule has 0 bridgehead atoms. The molecule has 1 saturated carbocycles. The standard InChI is InChI=1S/C20H18BrClF3NO2/c1-19(2)13(10-15(22)20(23,24)25)16(19)18(27)28-11-12-6-5-7-14(17(12)21)26-8-3-4-9-26/h3-10,13,16H,11H2,1-2H3. The molecule has 3 rings (SSSR count). The lowest BCUT2D eigenvalue weighted by Crippen LogP contribution is -2.11. The molecule has 0 saturated heterocycles. The van der Waals surface area contributed by atoms with Crippen molar-refractivity contribution in [1.29, 1.82) is 0 Å². The van der Waals surface area contributed by atoms with Crippen LogP contribution in [0, 0.1) is 17.3 Å². The highest BCUT2D eigenvalue weighted by molar-refractivity contribution is 9.10. The number of rotatable bonds is 5. The number of esters is 1. The number of hydrogen-bond donors (Lipinski definition) is 0. The molecule has 1 aromatic carbocycles. The number of carbonyl (C=O) groups is 1. The summed E-state index contributed by atoms with van der Waals surface area (Å²) in [5, 5.41) is -1.21. The number of aromatic nitrogens is 1. The first kappa shape index (κ1) is 21.0. The maximum absolute atomic E-state index is 12.7. The molecule has 1 aliphatic carbocycles. The Labute approximate surface area is 174 Å². The summed E-state index contributed by atoms with van der Waals surface area (Å²) in [5.41, 5.74) is 1.02. The van der Waals surface area contributed by atoms with Crippen LogP contribution in [0.5, 0.6) is 0 Å². The molecule has 28 heavy (non-hydrogen) atoms. The van der Waals surface area contributed by atoms with Gasteiger partial charge in [-0.15, -0.1) is 0 Å². The average molecular weight is 477 g/mol. The molecule has 0 amide bonds. The summed E-state index contributed by atoms with van der Waals surface area (Å²) < 4.78 is 46.1. The first-order valence-electron chi connectivity index (χ1n) is 8.55. The maximum Gasteiger partial charge on any atom is 0.426 e. The van der Waals surface area contributed by atoms with Crippen molar-refractivity contribution in [3.05, 3.63) is 63.9 Å². The minimum Gasteiger partial charge on any atom is -0.461 e. The molecule has 0 N–H and O–H groups in total. The molecule has 0 radical (unpaired) electrons. The smallest absolute Gasteiger partial charge is 0.426 e. The highest BCUT2D eigenvalue weighted by Gasteiger charge is 2.62. The van der Waals surface area contributed by atoms with Crippen LogP contribution in [0.4, 0.5) is 13.2 Å². The Morgan fingerprint density at radius 1 is 1.29 bits per heavy atom. The number of carbonyl (C=O) groups excluding carboxylic acids is 1. The summed E-state index contributed by atoms with van der Waals surface area (Å²) in [7, 11) is 0. The molecule has 1 heterocycles. The van der Waals surface area contributed by atoms with Crippen LogP contribution in [-0.2, 0) is 16.1 Å². The van der Waals surface area contributed by atoms with Gasteiger partial charge in [0.05, 0.1) is 11.6 Å². The van der Waals surface area contributed by atoms with Crippen LogP contribution in [0.2, 0.25) is 0 Å². The molecular formula is C20H18BrClF3NO2. The van der Waals surface area contributed by atoms with E-state index in [1.54, 1.807) is 13.8 Å². The zero-order valence-electron chi connectivity index (χ0n) is 15.1. The van der Waals surface area contributed by atoms with Crippen molar-refractivity contribution in [3.8, 4) is 5.69 Å². The lowest BCUT2D eigenvalue weighted by Gasteiger charge is -2.12. The maximum atomic E-state index is 12.7. The van der Waals surface area contributed by atoms with Gasteiger partial charge in [-0.2, -0.15) is 13.2 Å². The summed E-state index contributed by atoms with van der Waals surface area (Å²) in [5.74, 6) is -1.80. The lowest BCUT2D eigenvalue weighted by atomic mass is 10.1. The monoisotopic (exact) mass is 475 g/mol. The van der Waals surface area contributed by atoms with Gasteiger partial charge in [0, 0.05) is 22.4 Å². The van der Waals surface area contributed by atoms with E-state index in [-0.39, 0.29) is 6.61 Å². The molecule has 150 valence electrons. The van der Waals surface area contributed by atoms with Crippen LogP contribution < -0.4 is 0 Å². The van der Waals surface area contributed by atoms with Crippen LogP contribution in [-0.4, -0.2) is 16.7 Å². The Kier molecular flexibility index (Phi) is 5.69. The predicted octanol–water partition coefficient (Wildman–Crippen LogP) is 6.24. The summed E-state index contributed by atoms with van der Waals surface area (Å²) in [6.07, 6.45) is 0.0857. The van der Waals surface area contributed by atoms with Crippen LogP contribution in [0.1, 0.15) is 19.4 Å². The summed E-state index contributed by atoms with van der Waals surface area (Å²) in [6.45, 7) is 3.47. The van der Waals surface area contributed by atoms with E-state index in [0.29, 0.717) is 0 Å². The fourth-order valence-electron chi connectivity index (χ4n) is 3.30. The minimum absolute atomic E-state index is 0.0184. The van der Waals surface area contributed by atoms with E-state index in [4.69, 9.17) is 16.3 Å². The van der Waals surface area contributed by atoms with Gasteiger partial charge in [-0.25, -0.2) is 0 Å². The third-order valence-corrected chi connectivity index (χ3v) is 6.33. The van der Waals surface area contributed by atoms with E-state index in [1.165, 1.54) is 0 Å². The molecular weight excluding hydrogens is 459 g/mol. The number of alkyl halides is 3. The number of halogens is 5. The third kappa shape index (κ3) is 4.15. The first-order valence-corrected chi connectivity index (χ1v) is 9.72. The van der Waals surface area contributed by atoms with E-state index >= 15 is 0 Å². The average Bonchev–Trinajstić information content (AvgIpc) is 2.98. The summed E-state index contributed by atoms with van der Waals surface area (Å²) in [4.78, 5) is 12.5. The Morgan fingerprint density at radius 3 is 2.54 bits per heavy atom. The van der Waals surface area contributed by atoms with Crippen molar-refractivity contribution in [2.75, 3.05) is 0 Å². The van der Waals surface area contributed by atoms with Crippen LogP contribution in [0.25, 0.3) is 5.69 Å². The van der Waals surface area contributed by atoms with Gasteiger partial charge in [0.15, 0.2) is 0 Å². The van der Waals surface area contributed by atoms with E-state index in [1.807, 2.05) is 47.3 Å². The van der Waals surface area contributed by atoms with Crippen molar-refractivity contribution >= 4 is 33.5 Å². The number of hydrogen-bond acceptors (Lipinski definition) is 2. The van der Waals surface area contributed by atoms with Crippen molar-refractivity contribution in [2.45, 2.75) is 26.6 Å². The largest absolute Gasteiger partial charge is 0.461 e. The van der Waals surface area contributed by atoms with Crippen molar-refractivity contribution in [1.82, 2.24) is 4.57 Å². The number of ether oxygens (including phenoxy) is 1. The predicted molar refractivity (Wildman–Crippen MR) is 104 cm³/mol. The Bertz CT molecular complexity index is 907. The molecule has 1 fully saturated rings. The van der Waals surface area contributed by atoms with Crippen molar-refractivity contribution in [3.63, 3.8) is 0 Å². The molecule has 1 aliphatic rings. The third-order valence-electron chi connectivity index (χ3n) is 5.07. The number of benzene rings is 1. The second-order valence-electron chi connectivity index (χ2n) is 7.29. The van der Waals surface area contributed by atoms with Gasteiger partial charge in [0.1, 0.15) is 11.6 Å². The van der Waals surface area contributed by atoms with Crippen molar-refractivity contribution < 1.29 is 22.7 Å². The second-order valence-corrected chi connectivity index (χ2v) is 8.49. The van der Waals surface area contributed by atoms with Gasteiger partial charge in [-0.05, 0) is 45.5 Å².